The Labute approximate surface area is 181 Å². The first-order valence-corrected chi connectivity index (χ1v) is 11.1. The van der Waals surface area contributed by atoms with Gasteiger partial charge < -0.3 is 9.64 Å². The Morgan fingerprint density at radius 1 is 1.13 bits per heavy atom. The van der Waals surface area contributed by atoms with Crippen LogP contribution in [0.25, 0.3) is 5.69 Å². The number of rotatable bonds is 5. The standard InChI is InChI=1S/C23H27N5O3/c1-16-20(14-31-21(16)29)27-13-12-23(22(27)30)10-8-18(9-11-23)3-2-17-4-6-19(7-5-17)28-15-24-25-26-28/h4-7,15,18H,2-3,8-14H2,1H3. The molecule has 31 heavy (non-hydrogen) atoms. The molecule has 1 aromatic heterocycles. The summed E-state index contributed by atoms with van der Waals surface area (Å²) in [5.41, 5.74) is 3.40. The number of hydrogen-bond acceptors (Lipinski definition) is 6. The van der Waals surface area contributed by atoms with E-state index in [0.717, 1.165) is 56.3 Å². The van der Waals surface area contributed by atoms with E-state index in [1.807, 2.05) is 17.0 Å². The van der Waals surface area contributed by atoms with Gasteiger partial charge in [-0.1, -0.05) is 12.1 Å². The lowest BCUT2D eigenvalue weighted by Gasteiger charge is -2.36. The number of benzene rings is 1. The second-order valence-electron chi connectivity index (χ2n) is 9.04. The first-order chi connectivity index (χ1) is 15.1. The number of carbonyl (C=O) groups excluding carboxylic acids is 2. The minimum absolute atomic E-state index is 0.205. The van der Waals surface area contributed by atoms with Gasteiger partial charge in [-0.15, -0.1) is 5.10 Å². The molecule has 8 nitrogen and oxygen atoms in total. The molecule has 0 atom stereocenters. The Hall–Kier alpha value is -3.03. The molecule has 1 saturated heterocycles. The molecular formula is C23H27N5O3. The van der Waals surface area contributed by atoms with Gasteiger partial charge >= 0.3 is 5.97 Å². The van der Waals surface area contributed by atoms with Gasteiger partial charge in [0.15, 0.2) is 0 Å². The number of cyclic esters (lactones) is 1. The summed E-state index contributed by atoms with van der Waals surface area (Å²) in [4.78, 5) is 26.8. The largest absolute Gasteiger partial charge is 0.456 e. The van der Waals surface area contributed by atoms with Crippen molar-refractivity contribution in [3.63, 3.8) is 0 Å². The highest BCUT2D eigenvalue weighted by atomic mass is 16.5. The summed E-state index contributed by atoms with van der Waals surface area (Å²) in [5, 5.41) is 11.3. The average Bonchev–Trinajstić information content (AvgIpc) is 3.51. The van der Waals surface area contributed by atoms with Crippen LogP contribution in [0.5, 0.6) is 0 Å². The van der Waals surface area contributed by atoms with Crippen molar-refractivity contribution < 1.29 is 14.3 Å². The van der Waals surface area contributed by atoms with Crippen LogP contribution in [-0.2, 0) is 20.7 Å². The molecule has 8 heteroatoms. The van der Waals surface area contributed by atoms with Crippen LogP contribution in [0.3, 0.4) is 0 Å². The summed E-state index contributed by atoms with van der Waals surface area (Å²) in [6.07, 6.45) is 8.75. The maximum atomic E-state index is 13.2. The zero-order valence-electron chi connectivity index (χ0n) is 17.8. The van der Waals surface area contributed by atoms with Crippen LogP contribution >= 0.6 is 0 Å². The molecule has 5 rings (SSSR count). The minimum atomic E-state index is -0.293. The number of ether oxygens (including phenoxy) is 1. The van der Waals surface area contributed by atoms with Crippen LogP contribution in [-0.4, -0.2) is 50.1 Å². The summed E-state index contributed by atoms with van der Waals surface area (Å²) >= 11 is 0. The number of aromatic nitrogens is 4. The fraction of sp³-hybridized carbons (Fsp3) is 0.522. The van der Waals surface area contributed by atoms with E-state index in [0.29, 0.717) is 18.0 Å². The van der Waals surface area contributed by atoms with Crippen LogP contribution in [0.15, 0.2) is 41.9 Å². The third-order valence-electron chi connectivity index (χ3n) is 7.37. The highest BCUT2D eigenvalue weighted by molar-refractivity contribution is 5.94. The van der Waals surface area contributed by atoms with Crippen molar-refractivity contribution in [1.29, 1.82) is 0 Å². The first-order valence-electron chi connectivity index (χ1n) is 11.1. The number of tetrazole rings is 1. The number of amides is 1. The highest BCUT2D eigenvalue weighted by Gasteiger charge is 2.50. The molecule has 0 N–H and O–H groups in total. The van der Waals surface area contributed by atoms with Gasteiger partial charge in [-0.2, -0.15) is 0 Å². The predicted molar refractivity (Wildman–Crippen MR) is 112 cm³/mol. The Bertz CT molecular complexity index is 1000. The Morgan fingerprint density at radius 2 is 1.90 bits per heavy atom. The SMILES string of the molecule is CC1=C(N2CCC3(CCC(CCc4ccc(-n5cnnn5)cc4)CC3)C2=O)COC1=O. The third kappa shape index (κ3) is 3.64. The molecule has 162 valence electrons. The van der Waals surface area contributed by atoms with Crippen LogP contribution in [0.4, 0.5) is 0 Å². The Balaban J connectivity index is 1.15. The molecule has 0 bridgehead atoms. The fourth-order valence-electron chi connectivity index (χ4n) is 5.28. The van der Waals surface area contributed by atoms with Crippen molar-refractivity contribution >= 4 is 11.9 Å². The quantitative estimate of drug-likeness (QED) is 0.690. The fourth-order valence-corrected chi connectivity index (χ4v) is 5.28. The zero-order valence-corrected chi connectivity index (χ0v) is 17.8. The Morgan fingerprint density at radius 3 is 2.55 bits per heavy atom. The van der Waals surface area contributed by atoms with Gasteiger partial charge in [0.05, 0.1) is 22.4 Å². The number of aryl methyl sites for hydroxylation is 1. The highest BCUT2D eigenvalue weighted by Crippen LogP contribution is 2.48. The summed E-state index contributed by atoms with van der Waals surface area (Å²) in [5.74, 6) is 0.569. The zero-order chi connectivity index (χ0) is 21.4. The summed E-state index contributed by atoms with van der Waals surface area (Å²) in [7, 11) is 0. The summed E-state index contributed by atoms with van der Waals surface area (Å²) in [6, 6.07) is 8.37. The van der Waals surface area contributed by atoms with E-state index < -0.39 is 0 Å². The van der Waals surface area contributed by atoms with Gasteiger partial charge in [0, 0.05) is 6.54 Å². The molecule has 2 fully saturated rings. The van der Waals surface area contributed by atoms with Gasteiger partial charge in [0.2, 0.25) is 5.91 Å². The molecule has 1 spiro atoms. The van der Waals surface area contributed by atoms with Crippen molar-refractivity contribution in [3.8, 4) is 5.69 Å². The lowest BCUT2D eigenvalue weighted by molar-refractivity contribution is -0.138. The van der Waals surface area contributed by atoms with E-state index in [9.17, 15) is 9.59 Å². The van der Waals surface area contributed by atoms with E-state index in [1.54, 1.807) is 17.9 Å². The van der Waals surface area contributed by atoms with E-state index in [1.165, 1.54) is 5.56 Å². The maximum Gasteiger partial charge on any atom is 0.336 e. The number of hydrogen-bond donors (Lipinski definition) is 0. The summed E-state index contributed by atoms with van der Waals surface area (Å²) < 4.78 is 6.77. The van der Waals surface area contributed by atoms with Crippen molar-refractivity contribution in [1.82, 2.24) is 25.1 Å². The molecule has 3 aliphatic rings. The molecule has 0 radical (unpaired) electrons. The van der Waals surface area contributed by atoms with Gasteiger partial charge in [-0.25, -0.2) is 9.48 Å². The normalized spacial score (nSPS) is 26.2. The predicted octanol–water partition coefficient (Wildman–Crippen LogP) is 2.83. The van der Waals surface area contributed by atoms with E-state index >= 15 is 0 Å². The molecule has 1 aromatic carbocycles. The van der Waals surface area contributed by atoms with Crippen molar-refractivity contribution in [2.45, 2.75) is 51.9 Å². The van der Waals surface area contributed by atoms with Crippen LogP contribution < -0.4 is 0 Å². The second-order valence-corrected chi connectivity index (χ2v) is 9.04. The number of carbonyl (C=O) groups is 2. The molecule has 2 aromatic rings. The average molecular weight is 422 g/mol. The van der Waals surface area contributed by atoms with Crippen LogP contribution in [0, 0.1) is 11.3 Å². The lowest BCUT2D eigenvalue weighted by atomic mass is 9.68. The van der Waals surface area contributed by atoms with E-state index in [4.69, 9.17) is 4.74 Å². The minimum Gasteiger partial charge on any atom is -0.456 e. The molecular weight excluding hydrogens is 394 g/mol. The Kier molecular flexibility index (Phi) is 5.08. The van der Waals surface area contributed by atoms with Crippen molar-refractivity contribution in [2.24, 2.45) is 11.3 Å². The van der Waals surface area contributed by atoms with Gasteiger partial charge in [-0.3, -0.25) is 4.79 Å². The molecule has 1 saturated carbocycles. The van der Waals surface area contributed by atoms with Crippen LogP contribution in [0.1, 0.15) is 51.0 Å². The van der Waals surface area contributed by atoms with Gasteiger partial charge in [0.25, 0.3) is 0 Å². The first kappa shape index (κ1) is 19.9. The third-order valence-corrected chi connectivity index (χ3v) is 7.37. The lowest BCUT2D eigenvalue weighted by Crippen LogP contribution is -2.37. The van der Waals surface area contributed by atoms with E-state index in [-0.39, 0.29) is 23.9 Å². The summed E-state index contributed by atoms with van der Waals surface area (Å²) in [6.45, 7) is 2.71. The van der Waals surface area contributed by atoms with Gasteiger partial charge in [0.1, 0.15) is 12.9 Å². The molecule has 3 heterocycles. The number of esters is 1. The topological polar surface area (TPSA) is 90.2 Å². The van der Waals surface area contributed by atoms with Crippen molar-refractivity contribution in [3.05, 3.63) is 47.4 Å². The molecule has 1 aliphatic carbocycles. The maximum absolute atomic E-state index is 13.2. The van der Waals surface area contributed by atoms with Crippen molar-refractivity contribution in [2.75, 3.05) is 13.2 Å². The monoisotopic (exact) mass is 421 g/mol. The smallest absolute Gasteiger partial charge is 0.336 e. The van der Waals surface area contributed by atoms with Crippen LogP contribution in [0.2, 0.25) is 0 Å². The second kappa shape index (κ2) is 7.90. The van der Waals surface area contributed by atoms with Gasteiger partial charge in [-0.05, 0) is 85.9 Å². The molecule has 2 aliphatic heterocycles. The molecule has 0 unspecified atom stereocenters. The van der Waals surface area contributed by atoms with E-state index in [2.05, 4.69) is 27.7 Å². The number of likely N-dealkylation sites (tertiary alicyclic amines) is 1. The molecule has 1 amide bonds. The number of nitrogens with zero attached hydrogens (tertiary/aromatic N) is 5.